The second-order valence-corrected chi connectivity index (χ2v) is 5.29. The number of hydrogen-bond acceptors (Lipinski definition) is 5. The molecule has 8 heteroatoms. The molecule has 1 aromatic carbocycles. The summed E-state index contributed by atoms with van der Waals surface area (Å²) in [7, 11) is 0. The predicted molar refractivity (Wildman–Crippen MR) is 72.9 cm³/mol. The van der Waals surface area contributed by atoms with E-state index in [0.29, 0.717) is 15.4 Å². The van der Waals surface area contributed by atoms with Crippen molar-refractivity contribution in [3.05, 3.63) is 33.0 Å². The fraction of sp³-hybridized carbons (Fsp3) is 0.250. The molecule has 7 nitrogen and oxygen atoms in total. The van der Waals surface area contributed by atoms with E-state index >= 15 is 0 Å². The highest BCUT2D eigenvalue weighted by molar-refractivity contribution is 9.10. The molecular weight excluding hydrogens is 328 g/mol. The van der Waals surface area contributed by atoms with Gasteiger partial charge in [-0.05, 0) is 34.5 Å². The van der Waals surface area contributed by atoms with Gasteiger partial charge in [0, 0.05) is 10.9 Å². The molecular formula is C12H9BrN4O3. The van der Waals surface area contributed by atoms with E-state index in [2.05, 4.69) is 31.6 Å². The number of imide groups is 1. The van der Waals surface area contributed by atoms with Crippen LogP contribution in [0.2, 0.25) is 0 Å². The van der Waals surface area contributed by atoms with Crippen LogP contribution in [0.1, 0.15) is 18.9 Å². The molecule has 102 valence electrons. The third-order valence-electron chi connectivity index (χ3n) is 3.17. The molecule has 1 atom stereocenters. The number of carbonyl (C=O) groups is 2. The number of fused-ring (bicyclic) bond motifs is 1. The summed E-state index contributed by atoms with van der Waals surface area (Å²) in [6.45, 7) is 0. The number of hydrogen-bond donors (Lipinski definition) is 1. The molecule has 20 heavy (non-hydrogen) atoms. The normalized spacial score (nSPS) is 19.1. The average molecular weight is 337 g/mol. The van der Waals surface area contributed by atoms with Gasteiger partial charge in [-0.1, -0.05) is 11.3 Å². The zero-order valence-corrected chi connectivity index (χ0v) is 11.8. The van der Waals surface area contributed by atoms with Gasteiger partial charge in [0.05, 0.1) is 5.39 Å². The Hall–Kier alpha value is -2.09. The highest BCUT2D eigenvalue weighted by Gasteiger charge is 2.30. The van der Waals surface area contributed by atoms with Gasteiger partial charge in [-0.25, -0.2) is 0 Å². The van der Waals surface area contributed by atoms with E-state index in [0.717, 1.165) is 4.68 Å². The zero-order valence-electron chi connectivity index (χ0n) is 10.2. The van der Waals surface area contributed by atoms with Crippen molar-refractivity contribution in [3.63, 3.8) is 0 Å². The Morgan fingerprint density at radius 3 is 2.85 bits per heavy atom. The maximum atomic E-state index is 12.4. The van der Waals surface area contributed by atoms with Crippen molar-refractivity contribution in [3.8, 4) is 0 Å². The van der Waals surface area contributed by atoms with Gasteiger partial charge >= 0.3 is 0 Å². The minimum Gasteiger partial charge on any atom is -0.295 e. The molecule has 2 amide bonds. The molecule has 1 aliphatic heterocycles. The number of halogens is 1. The van der Waals surface area contributed by atoms with E-state index in [1.165, 1.54) is 0 Å². The maximum absolute atomic E-state index is 12.4. The standard InChI is InChI=1S/C12H9BrN4O3/c13-6-2-1-3-7-10(6)12(20)17(16-15-7)8-4-5-9(18)14-11(8)19/h1-3,8H,4-5H2,(H,14,18,19). The van der Waals surface area contributed by atoms with Crippen molar-refractivity contribution in [2.75, 3.05) is 0 Å². The number of piperidine rings is 1. The van der Waals surface area contributed by atoms with E-state index in [4.69, 9.17) is 0 Å². The van der Waals surface area contributed by atoms with Gasteiger partial charge in [0.2, 0.25) is 5.91 Å². The number of benzene rings is 1. The first kappa shape index (κ1) is 12.9. The monoisotopic (exact) mass is 336 g/mol. The molecule has 1 unspecified atom stereocenters. The second-order valence-electron chi connectivity index (χ2n) is 4.44. The van der Waals surface area contributed by atoms with Crippen LogP contribution in [0.15, 0.2) is 27.5 Å². The Kier molecular flexibility index (Phi) is 3.09. The van der Waals surface area contributed by atoms with Gasteiger partial charge in [0.15, 0.2) is 0 Å². The van der Waals surface area contributed by atoms with Crippen LogP contribution >= 0.6 is 15.9 Å². The number of carbonyl (C=O) groups excluding carboxylic acids is 2. The summed E-state index contributed by atoms with van der Waals surface area (Å²) >= 11 is 3.29. The summed E-state index contributed by atoms with van der Waals surface area (Å²) in [6.07, 6.45) is 0.424. The smallest absolute Gasteiger partial charge is 0.279 e. The maximum Gasteiger partial charge on any atom is 0.279 e. The van der Waals surface area contributed by atoms with Crippen LogP contribution in [0, 0.1) is 0 Å². The van der Waals surface area contributed by atoms with Crippen LogP contribution in [0.5, 0.6) is 0 Å². The van der Waals surface area contributed by atoms with Gasteiger partial charge in [-0.3, -0.25) is 19.7 Å². The minimum absolute atomic E-state index is 0.179. The predicted octanol–water partition coefficient (Wildman–Crippen LogP) is 0.532. The summed E-state index contributed by atoms with van der Waals surface area (Å²) in [5.41, 5.74) is 0.0462. The lowest BCUT2D eigenvalue weighted by molar-refractivity contribution is -0.136. The molecule has 0 bridgehead atoms. The lowest BCUT2D eigenvalue weighted by Crippen LogP contribution is -2.45. The average Bonchev–Trinajstić information content (AvgIpc) is 2.40. The van der Waals surface area contributed by atoms with E-state index in [-0.39, 0.29) is 18.7 Å². The molecule has 2 heterocycles. The van der Waals surface area contributed by atoms with E-state index in [1.807, 2.05) is 0 Å². The van der Waals surface area contributed by atoms with E-state index < -0.39 is 17.5 Å². The Balaban J connectivity index is 2.16. The van der Waals surface area contributed by atoms with E-state index in [9.17, 15) is 14.4 Å². The molecule has 0 radical (unpaired) electrons. The second kappa shape index (κ2) is 4.78. The third kappa shape index (κ3) is 2.01. The topological polar surface area (TPSA) is 93.9 Å². The fourth-order valence-corrected chi connectivity index (χ4v) is 2.70. The van der Waals surface area contributed by atoms with Crippen molar-refractivity contribution in [2.24, 2.45) is 0 Å². The molecule has 1 aliphatic rings. The SMILES string of the molecule is O=C1CCC(n2nnc3cccc(Br)c3c2=O)C(=O)N1. The van der Waals surface area contributed by atoms with Crippen LogP contribution in [-0.2, 0) is 9.59 Å². The number of nitrogens with one attached hydrogen (secondary N) is 1. The van der Waals surface area contributed by atoms with Gasteiger partial charge < -0.3 is 0 Å². The van der Waals surface area contributed by atoms with Crippen LogP contribution in [0.25, 0.3) is 10.9 Å². The fourth-order valence-electron chi connectivity index (χ4n) is 2.18. The number of nitrogens with zero attached hydrogens (tertiary/aromatic N) is 3. The molecule has 1 N–H and O–H groups in total. The Labute approximate surface area is 121 Å². The zero-order chi connectivity index (χ0) is 14.3. The van der Waals surface area contributed by atoms with Crippen molar-refractivity contribution in [1.29, 1.82) is 0 Å². The lowest BCUT2D eigenvalue weighted by Gasteiger charge is -2.21. The van der Waals surface area contributed by atoms with Crippen molar-refractivity contribution in [2.45, 2.75) is 18.9 Å². The first-order valence-corrected chi connectivity index (χ1v) is 6.74. The summed E-state index contributed by atoms with van der Waals surface area (Å²) in [5.74, 6) is -0.863. The van der Waals surface area contributed by atoms with Crippen molar-refractivity contribution in [1.82, 2.24) is 20.3 Å². The van der Waals surface area contributed by atoms with Crippen LogP contribution in [-0.4, -0.2) is 26.8 Å². The molecule has 1 fully saturated rings. The lowest BCUT2D eigenvalue weighted by atomic mass is 10.1. The molecule has 3 rings (SSSR count). The first-order valence-electron chi connectivity index (χ1n) is 5.95. The Morgan fingerprint density at radius 1 is 1.30 bits per heavy atom. The van der Waals surface area contributed by atoms with Crippen LogP contribution in [0.3, 0.4) is 0 Å². The molecule has 1 aromatic heterocycles. The summed E-state index contributed by atoms with van der Waals surface area (Å²) in [6, 6.07) is 4.34. The third-order valence-corrected chi connectivity index (χ3v) is 3.83. The highest BCUT2D eigenvalue weighted by Crippen LogP contribution is 2.20. The van der Waals surface area contributed by atoms with Crippen LogP contribution in [0.4, 0.5) is 0 Å². The molecule has 0 aliphatic carbocycles. The minimum atomic E-state index is -0.802. The van der Waals surface area contributed by atoms with Gasteiger partial charge in [-0.15, -0.1) is 5.10 Å². The molecule has 0 spiro atoms. The van der Waals surface area contributed by atoms with Crippen molar-refractivity contribution >= 4 is 38.6 Å². The largest absolute Gasteiger partial charge is 0.295 e. The Morgan fingerprint density at radius 2 is 2.10 bits per heavy atom. The summed E-state index contributed by atoms with van der Waals surface area (Å²) in [4.78, 5) is 35.4. The highest BCUT2D eigenvalue weighted by atomic mass is 79.9. The van der Waals surface area contributed by atoms with Crippen LogP contribution < -0.4 is 10.9 Å². The van der Waals surface area contributed by atoms with Crippen molar-refractivity contribution < 1.29 is 9.59 Å². The van der Waals surface area contributed by atoms with Gasteiger partial charge in [0.25, 0.3) is 11.5 Å². The summed E-state index contributed by atoms with van der Waals surface area (Å²) in [5, 5.41) is 10.3. The molecule has 0 saturated carbocycles. The number of rotatable bonds is 1. The van der Waals surface area contributed by atoms with E-state index in [1.54, 1.807) is 18.2 Å². The van der Waals surface area contributed by atoms with Gasteiger partial charge in [-0.2, -0.15) is 4.68 Å². The number of amides is 2. The quantitative estimate of drug-likeness (QED) is 0.766. The molecule has 1 saturated heterocycles. The molecule has 2 aromatic rings. The first-order chi connectivity index (χ1) is 9.58. The van der Waals surface area contributed by atoms with Gasteiger partial charge in [0.1, 0.15) is 11.6 Å². The summed E-state index contributed by atoms with van der Waals surface area (Å²) < 4.78 is 1.63. The Bertz CT molecular complexity index is 786. The number of aromatic nitrogens is 3.